The number of anilines is 1. The molecule has 0 aromatic heterocycles. The fourth-order valence-corrected chi connectivity index (χ4v) is 4.89. The van der Waals surface area contributed by atoms with Crippen molar-refractivity contribution in [1.29, 1.82) is 0 Å². The summed E-state index contributed by atoms with van der Waals surface area (Å²) in [7, 11) is -3.46. The van der Waals surface area contributed by atoms with Gasteiger partial charge in [-0.3, -0.25) is 14.3 Å². The number of hydrogen-bond acceptors (Lipinski definition) is 6. The van der Waals surface area contributed by atoms with Crippen molar-refractivity contribution < 1.29 is 31.9 Å². The second-order valence-corrected chi connectivity index (χ2v) is 11.7. The van der Waals surface area contributed by atoms with E-state index in [0.29, 0.717) is 17.8 Å². The van der Waals surface area contributed by atoms with E-state index in [0.717, 1.165) is 36.4 Å². The maximum atomic E-state index is 13.8. The van der Waals surface area contributed by atoms with Gasteiger partial charge in [0.25, 0.3) is 0 Å². The van der Waals surface area contributed by atoms with E-state index in [2.05, 4.69) is 28.3 Å². The number of aliphatic hydroxyl groups is 1. The Morgan fingerprint density at radius 1 is 0.902 bits per heavy atom. The van der Waals surface area contributed by atoms with Crippen LogP contribution < -0.4 is 15.4 Å². The summed E-state index contributed by atoms with van der Waals surface area (Å²) in [6, 6.07) is 16.0. The van der Waals surface area contributed by atoms with E-state index in [4.69, 9.17) is 0 Å². The molecule has 0 unspecified atom stereocenters. The number of ketones is 1. The summed E-state index contributed by atoms with van der Waals surface area (Å²) in [5.41, 5.74) is 3.09. The molecule has 0 heterocycles. The maximum Gasteiger partial charge on any atom is 0.229 e. The van der Waals surface area contributed by atoms with Gasteiger partial charge >= 0.3 is 0 Å². The number of carbonyl (C=O) groups excluding carboxylic acids is 2. The summed E-state index contributed by atoms with van der Waals surface area (Å²) < 4.78 is 52.6. The lowest BCUT2D eigenvalue weighted by molar-refractivity contribution is -0.122. The quantitative estimate of drug-likeness (QED) is 0.201. The van der Waals surface area contributed by atoms with Crippen molar-refractivity contribution in [2.24, 2.45) is 0 Å². The molecule has 0 bridgehead atoms. The van der Waals surface area contributed by atoms with Gasteiger partial charge in [0.1, 0.15) is 11.6 Å². The van der Waals surface area contributed by atoms with Crippen molar-refractivity contribution in [3.8, 4) is 0 Å². The largest absolute Gasteiger partial charge is 0.390 e. The number of amides is 1. The number of aliphatic hydroxyl groups excluding tert-OH is 1. The van der Waals surface area contributed by atoms with Crippen LogP contribution in [0.3, 0.4) is 0 Å². The molecule has 0 aliphatic heterocycles. The van der Waals surface area contributed by atoms with E-state index < -0.39 is 39.7 Å². The van der Waals surface area contributed by atoms with E-state index in [1.165, 1.54) is 29.8 Å². The van der Waals surface area contributed by atoms with Gasteiger partial charge < -0.3 is 15.7 Å². The Hall–Kier alpha value is -3.67. The third-order valence-corrected chi connectivity index (χ3v) is 6.97. The minimum Gasteiger partial charge on any atom is -0.390 e. The SMILES string of the molecule is CCc1cccc(CNC[C@@H](O)[C@H](Cc2cc(F)cc(F)c2)NC(=O)CCC(=O)c2ccc(NS(C)(=O)=O)cc2)c1. The Balaban J connectivity index is 1.61. The zero-order chi connectivity index (χ0) is 30.0. The summed E-state index contributed by atoms with van der Waals surface area (Å²) in [6.45, 7) is 2.64. The number of rotatable bonds is 15. The topological polar surface area (TPSA) is 125 Å². The Kier molecular flexibility index (Phi) is 11.5. The molecule has 0 fully saturated rings. The minimum atomic E-state index is -3.46. The van der Waals surface area contributed by atoms with E-state index in [9.17, 15) is 31.9 Å². The van der Waals surface area contributed by atoms with Crippen LogP contribution in [0.4, 0.5) is 14.5 Å². The van der Waals surface area contributed by atoms with Crippen LogP contribution in [0.15, 0.2) is 66.7 Å². The first-order chi connectivity index (χ1) is 19.4. The molecule has 3 aromatic carbocycles. The molecule has 11 heteroatoms. The predicted molar refractivity (Wildman–Crippen MR) is 154 cm³/mol. The van der Waals surface area contributed by atoms with E-state index in [1.807, 2.05) is 18.2 Å². The summed E-state index contributed by atoms with van der Waals surface area (Å²) in [5.74, 6) is -2.37. The number of sulfonamides is 1. The highest BCUT2D eigenvalue weighted by molar-refractivity contribution is 7.92. The zero-order valence-electron chi connectivity index (χ0n) is 23.0. The van der Waals surface area contributed by atoms with Crippen LogP contribution in [0.1, 0.15) is 46.8 Å². The maximum absolute atomic E-state index is 13.8. The first kappa shape index (κ1) is 31.9. The standard InChI is InChI=1S/C30H35F2N3O5S/c1-3-20-5-4-6-21(13-20)18-33-19-29(37)27(16-22-14-24(31)17-25(32)15-22)34-30(38)12-11-28(36)23-7-9-26(10-8-23)35-41(2,39)40/h4-10,13-15,17,27,29,33,35,37H,3,11-12,16,18-19H2,1-2H3,(H,34,38)/t27-,29+/m0/s1. The van der Waals surface area contributed by atoms with E-state index in [-0.39, 0.29) is 37.2 Å². The number of carbonyl (C=O) groups is 2. The second-order valence-electron chi connectivity index (χ2n) is 9.90. The van der Waals surface area contributed by atoms with Gasteiger partial charge in [-0.25, -0.2) is 17.2 Å². The Morgan fingerprint density at radius 2 is 1.56 bits per heavy atom. The van der Waals surface area contributed by atoms with Gasteiger partial charge in [-0.2, -0.15) is 0 Å². The molecule has 0 aliphatic carbocycles. The molecular weight excluding hydrogens is 552 g/mol. The number of nitrogens with one attached hydrogen (secondary N) is 3. The summed E-state index contributed by atoms with van der Waals surface area (Å²) in [6.07, 6.45) is 0.473. The van der Waals surface area contributed by atoms with Gasteiger partial charge in [-0.05, 0) is 65.9 Å². The van der Waals surface area contributed by atoms with Crippen LogP contribution in [0.5, 0.6) is 0 Å². The molecule has 3 rings (SSSR count). The van der Waals surface area contributed by atoms with Crippen molar-refractivity contribution in [3.05, 3.63) is 101 Å². The fraction of sp³-hybridized carbons (Fsp3) is 0.333. The average Bonchev–Trinajstić information content (AvgIpc) is 2.90. The first-order valence-electron chi connectivity index (χ1n) is 13.2. The van der Waals surface area contributed by atoms with Crippen molar-refractivity contribution in [3.63, 3.8) is 0 Å². The first-order valence-corrected chi connectivity index (χ1v) is 15.1. The Morgan fingerprint density at radius 3 is 2.20 bits per heavy atom. The second kappa shape index (κ2) is 14.8. The molecule has 3 aromatic rings. The van der Waals surface area contributed by atoms with Crippen LogP contribution in [-0.4, -0.2) is 50.2 Å². The highest BCUT2D eigenvalue weighted by Gasteiger charge is 2.23. The number of aryl methyl sites for hydroxylation is 1. The lowest BCUT2D eigenvalue weighted by Crippen LogP contribution is -2.48. The number of halogens is 2. The lowest BCUT2D eigenvalue weighted by Gasteiger charge is -2.25. The average molecular weight is 588 g/mol. The molecule has 8 nitrogen and oxygen atoms in total. The smallest absolute Gasteiger partial charge is 0.229 e. The molecule has 1 amide bonds. The number of Topliss-reactive ketones (excluding diaryl/α,β-unsaturated/α-hetero) is 1. The third kappa shape index (κ3) is 11.0. The summed E-state index contributed by atoms with van der Waals surface area (Å²) >= 11 is 0. The third-order valence-electron chi connectivity index (χ3n) is 6.36. The normalized spacial score (nSPS) is 12.9. The Labute approximate surface area is 239 Å². The van der Waals surface area contributed by atoms with Crippen molar-refractivity contribution in [1.82, 2.24) is 10.6 Å². The van der Waals surface area contributed by atoms with Crippen molar-refractivity contribution in [2.45, 2.75) is 51.3 Å². The molecular formula is C30H35F2N3O5S. The lowest BCUT2D eigenvalue weighted by atomic mass is 9.99. The van der Waals surface area contributed by atoms with Gasteiger partial charge in [-0.1, -0.05) is 31.2 Å². The number of hydrogen-bond donors (Lipinski definition) is 4. The monoisotopic (exact) mass is 587 g/mol. The van der Waals surface area contributed by atoms with Gasteiger partial charge in [-0.15, -0.1) is 0 Å². The van der Waals surface area contributed by atoms with Gasteiger partial charge in [0.05, 0.1) is 18.4 Å². The molecule has 41 heavy (non-hydrogen) atoms. The fourth-order valence-electron chi connectivity index (χ4n) is 4.32. The van der Waals surface area contributed by atoms with Gasteiger partial charge in [0.15, 0.2) is 5.78 Å². The van der Waals surface area contributed by atoms with E-state index in [1.54, 1.807) is 0 Å². The van der Waals surface area contributed by atoms with Crippen LogP contribution in [0.2, 0.25) is 0 Å². The zero-order valence-corrected chi connectivity index (χ0v) is 23.8. The van der Waals surface area contributed by atoms with Crippen LogP contribution in [0, 0.1) is 11.6 Å². The molecule has 4 N–H and O–H groups in total. The summed E-state index contributed by atoms with van der Waals surface area (Å²) in [4.78, 5) is 25.4. The molecule has 0 saturated carbocycles. The molecule has 0 spiro atoms. The van der Waals surface area contributed by atoms with Crippen LogP contribution >= 0.6 is 0 Å². The Bertz CT molecular complexity index is 1430. The van der Waals surface area contributed by atoms with Crippen molar-refractivity contribution >= 4 is 27.4 Å². The predicted octanol–water partition coefficient (Wildman–Crippen LogP) is 3.74. The highest BCUT2D eigenvalue weighted by atomic mass is 32.2. The molecule has 220 valence electrons. The van der Waals surface area contributed by atoms with E-state index >= 15 is 0 Å². The number of benzene rings is 3. The van der Waals surface area contributed by atoms with Gasteiger partial charge in [0.2, 0.25) is 15.9 Å². The molecule has 0 saturated heterocycles. The van der Waals surface area contributed by atoms with Crippen LogP contribution in [0.25, 0.3) is 0 Å². The molecule has 0 radical (unpaired) electrons. The van der Waals surface area contributed by atoms with Crippen LogP contribution in [-0.2, 0) is 34.2 Å². The molecule has 0 aliphatic rings. The van der Waals surface area contributed by atoms with Gasteiger partial charge in [0, 0.05) is 43.2 Å². The highest BCUT2D eigenvalue weighted by Crippen LogP contribution is 2.15. The van der Waals surface area contributed by atoms with Crippen molar-refractivity contribution in [2.75, 3.05) is 17.5 Å². The molecule has 2 atom stereocenters. The summed E-state index contributed by atoms with van der Waals surface area (Å²) in [5, 5.41) is 16.8. The minimum absolute atomic E-state index is 0.0304.